The molecule has 4 heteroatoms. The number of carbonyl (C=O) groups excluding carboxylic acids is 1. The normalized spacial score (nSPS) is 23.2. The topological polar surface area (TPSA) is 52.6 Å². The van der Waals surface area contributed by atoms with E-state index in [1.54, 1.807) is 0 Å². The molecule has 1 aromatic carbocycles. The van der Waals surface area contributed by atoms with Crippen LogP contribution in [-0.4, -0.2) is 41.7 Å². The minimum Gasteiger partial charge on any atom is -0.394 e. The van der Waals surface area contributed by atoms with Crippen LogP contribution in [0.1, 0.15) is 18.5 Å². The molecule has 92 valence electrons. The summed E-state index contributed by atoms with van der Waals surface area (Å²) in [6.07, 6.45) is 0. The minimum atomic E-state index is -0.432. The Bertz CT molecular complexity index is 380. The Labute approximate surface area is 101 Å². The molecule has 1 aliphatic rings. The van der Waals surface area contributed by atoms with E-state index in [-0.39, 0.29) is 18.6 Å². The van der Waals surface area contributed by atoms with Crippen molar-refractivity contribution in [3.8, 4) is 0 Å². The fourth-order valence-corrected chi connectivity index (χ4v) is 2.31. The third-order valence-electron chi connectivity index (χ3n) is 3.32. The summed E-state index contributed by atoms with van der Waals surface area (Å²) >= 11 is 0. The fraction of sp³-hybridized carbons (Fsp3) is 0.462. The number of aliphatic hydroxyl groups is 1. The lowest BCUT2D eigenvalue weighted by Crippen LogP contribution is -2.57. The second kappa shape index (κ2) is 5.29. The molecule has 2 rings (SSSR count). The van der Waals surface area contributed by atoms with E-state index < -0.39 is 6.04 Å². The number of amides is 1. The molecule has 1 aliphatic heterocycles. The third-order valence-corrected chi connectivity index (χ3v) is 3.32. The van der Waals surface area contributed by atoms with Crippen molar-refractivity contribution in [3.05, 3.63) is 35.9 Å². The van der Waals surface area contributed by atoms with Crippen molar-refractivity contribution in [2.24, 2.45) is 0 Å². The summed E-state index contributed by atoms with van der Waals surface area (Å²) in [7, 11) is 0. The number of benzene rings is 1. The maximum Gasteiger partial charge on any atom is 0.239 e. The summed E-state index contributed by atoms with van der Waals surface area (Å²) in [5.41, 5.74) is 1.17. The summed E-state index contributed by atoms with van der Waals surface area (Å²) in [6.45, 7) is 3.35. The number of hydrogen-bond acceptors (Lipinski definition) is 3. The van der Waals surface area contributed by atoms with Crippen molar-refractivity contribution in [1.82, 2.24) is 10.2 Å². The number of nitrogens with zero attached hydrogens (tertiary/aromatic N) is 1. The van der Waals surface area contributed by atoms with Crippen molar-refractivity contribution in [1.29, 1.82) is 0 Å². The molecular formula is C13H18N2O2. The molecule has 1 saturated heterocycles. The van der Waals surface area contributed by atoms with E-state index in [0.717, 1.165) is 6.54 Å². The Morgan fingerprint density at radius 1 is 1.47 bits per heavy atom. The van der Waals surface area contributed by atoms with Crippen LogP contribution in [0.25, 0.3) is 0 Å². The largest absolute Gasteiger partial charge is 0.394 e. The Hall–Kier alpha value is -1.39. The average Bonchev–Trinajstić information content (AvgIpc) is 2.38. The predicted octanol–water partition coefficient (Wildman–Crippen LogP) is 0.540. The lowest BCUT2D eigenvalue weighted by molar-refractivity contribution is -0.132. The lowest BCUT2D eigenvalue weighted by Gasteiger charge is -2.38. The van der Waals surface area contributed by atoms with Gasteiger partial charge < -0.3 is 10.4 Å². The standard InChI is InChI=1S/C13H18N2O2/c1-10(11-5-3-2-4-6-11)15-8-7-14-13(17)12(15)9-16/h2-6,10,12,16H,7-9H2,1H3,(H,14,17). The highest BCUT2D eigenvalue weighted by atomic mass is 16.3. The molecule has 0 saturated carbocycles. The molecule has 1 heterocycles. The molecule has 17 heavy (non-hydrogen) atoms. The van der Waals surface area contributed by atoms with Gasteiger partial charge in [0.2, 0.25) is 5.91 Å². The molecule has 0 aromatic heterocycles. The van der Waals surface area contributed by atoms with Gasteiger partial charge in [-0.25, -0.2) is 0 Å². The van der Waals surface area contributed by atoms with Crippen LogP contribution in [-0.2, 0) is 4.79 Å². The van der Waals surface area contributed by atoms with Crippen LogP contribution in [0, 0.1) is 0 Å². The Morgan fingerprint density at radius 3 is 2.82 bits per heavy atom. The molecule has 0 bridgehead atoms. The van der Waals surface area contributed by atoms with Gasteiger partial charge in [-0.05, 0) is 12.5 Å². The van der Waals surface area contributed by atoms with E-state index in [9.17, 15) is 9.90 Å². The molecular weight excluding hydrogens is 216 g/mol. The zero-order valence-corrected chi connectivity index (χ0v) is 9.97. The third kappa shape index (κ3) is 2.48. The smallest absolute Gasteiger partial charge is 0.239 e. The number of piperazine rings is 1. The predicted molar refractivity (Wildman–Crippen MR) is 65.4 cm³/mol. The summed E-state index contributed by atoms with van der Waals surface area (Å²) in [5.74, 6) is -0.0819. The van der Waals surface area contributed by atoms with Crippen LogP contribution < -0.4 is 5.32 Å². The molecule has 1 amide bonds. The van der Waals surface area contributed by atoms with Crippen molar-refractivity contribution in [2.45, 2.75) is 19.0 Å². The molecule has 2 N–H and O–H groups in total. The highest BCUT2D eigenvalue weighted by Crippen LogP contribution is 2.23. The van der Waals surface area contributed by atoms with Crippen molar-refractivity contribution < 1.29 is 9.90 Å². The van der Waals surface area contributed by atoms with Gasteiger partial charge in [0.15, 0.2) is 0 Å². The molecule has 4 nitrogen and oxygen atoms in total. The first kappa shape index (κ1) is 12.1. The van der Waals surface area contributed by atoms with E-state index in [1.807, 2.05) is 35.2 Å². The van der Waals surface area contributed by atoms with Gasteiger partial charge in [-0.1, -0.05) is 30.3 Å². The lowest BCUT2D eigenvalue weighted by atomic mass is 10.0. The van der Waals surface area contributed by atoms with Crippen LogP contribution in [0.3, 0.4) is 0 Å². The molecule has 0 radical (unpaired) electrons. The molecule has 0 spiro atoms. The van der Waals surface area contributed by atoms with Crippen LogP contribution in [0.2, 0.25) is 0 Å². The van der Waals surface area contributed by atoms with Gasteiger partial charge in [0.25, 0.3) is 0 Å². The number of rotatable bonds is 3. The van der Waals surface area contributed by atoms with Gasteiger partial charge in [0.1, 0.15) is 6.04 Å². The van der Waals surface area contributed by atoms with E-state index >= 15 is 0 Å². The number of nitrogens with one attached hydrogen (secondary N) is 1. The second-order valence-electron chi connectivity index (χ2n) is 4.31. The van der Waals surface area contributed by atoms with E-state index in [4.69, 9.17) is 0 Å². The van der Waals surface area contributed by atoms with Gasteiger partial charge in [-0.2, -0.15) is 0 Å². The second-order valence-corrected chi connectivity index (χ2v) is 4.31. The average molecular weight is 234 g/mol. The molecule has 0 aliphatic carbocycles. The first-order chi connectivity index (χ1) is 8.24. The first-order valence-electron chi connectivity index (χ1n) is 5.93. The minimum absolute atomic E-state index is 0.0819. The van der Waals surface area contributed by atoms with E-state index in [0.29, 0.717) is 6.54 Å². The van der Waals surface area contributed by atoms with E-state index in [1.165, 1.54) is 5.56 Å². The molecule has 2 atom stereocenters. The molecule has 1 aromatic rings. The molecule has 2 unspecified atom stereocenters. The van der Waals surface area contributed by atoms with Gasteiger partial charge in [-0.15, -0.1) is 0 Å². The Morgan fingerprint density at radius 2 is 2.18 bits per heavy atom. The van der Waals surface area contributed by atoms with Gasteiger partial charge in [0.05, 0.1) is 6.61 Å². The van der Waals surface area contributed by atoms with Crippen LogP contribution in [0.4, 0.5) is 0 Å². The van der Waals surface area contributed by atoms with Crippen LogP contribution in [0.5, 0.6) is 0 Å². The van der Waals surface area contributed by atoms with Crippen molar-refractivity contribution in [2.75, 3.05) is 19.7 Å². The molecule has 1 fully saturated rings. The number of hydrogen-bond donors (Lipinski definition) is 2. The highest BCUT2D eigenvalue weighted by molar-refractivity contribution is 5.82. The zero-order valence-electron chi connectivity index (χ0n) is 9.97. The maximum atomic E-state index is 11.7. The number of aliphatic hydroxyl groups excluding tert-OH is 1. The van der Waals surface area contributed by atoms with Crippen molar-refractivity contribution in [3.63, 3.8) is 0 Å². The summed E-state index contributed by atoms with van der Waals surface area (Å²) < 4.78 is 0. The SMILES string of the molecule is CC(c1ccccc1)N1CCNC(=O)C1CO. The summed E-state index contributed by atoms with van der Waals surface area (Å²) in [6, 6.07) is 9.76. The summed E-state index contributed by atoms with van der Waals surface area (Å²) in [5, 5.41) is 12.1. The highest BCUT2D eigenvalue weighted by Gasteiger charge is 2.32. The Kier molecular flexibility index (Phi) is 3.76. The van der Waals surface area contributed by atoms with Gasteiger partial charge >= 0.3 is 0 Å². The zero-order chi connectivity index (χ0) is 12.3. The Balaban J connectivity index is 2.17. The quantitative estimate of drug-likeness (QED) is 0.802. The maximum absolute atomic E-state index is 11.7. The van der Waals surface area contributed by atoms with Gasteiger partial charge in [-0.3, -0.25) is 9.69 Å². The van der Waals surface area contributed by atoms with Crippen LogP contribution in [0.15, 0.2) is 30.3 Å². The number of carbonyl (C=O) groups is 1. The van der Waals surface area contributed by atoms with Crippen molar-refractivity contribution >= 4 is 5.91 Å². The van der Waals surface area contributed by atoms with Crippen LogP contribution >= 0.6 is 0 Å². The monoisotopic (exact) mass is 234 g/mol. The van der Waals surface area contributed by atoms with E-state index in [2.05, 4.69) is 12.2 Å². The van der Waals surface area contributed by atoms with Gasteiger partial charge in [0, 0.05) is 19.1 Å². The fourth-order valence-electron chi connectivity index (χ4n) is 2.31. The first-order valence-corrected chi connectivity index (χ1v) is 5.93. The summed E-state index contributed by atoms with van der Waals surface area (Å²) in [4.78, 5) is 13.7.